The van der Waals surface area contributed by atoms with E-state index in [1.807, 2.05) is 6.07 Å². The van der Waals surface area contributed by atoms with Crippen molar-refractivity contribution in [2.75, 3.05) is 12.8 Å². The van der Waals surface area contributed by atoms with Crippen molar-refractivity contribution in [3.05, 3.63) is 29.8 Å². The van der Waals surface area contributed by atoms with Crippen LogP contribution < -0.4 is 5.32 Å². The summed E-state index contributed by atoms with van der Waals surface area (Å²) in [6, 6.07) is 6.89. The average Bonchev–Trinajstić information content (AvgIpc) is 2.15. The van der Waals surface area contributed by atoms with E-state index in [9.17, 15) is 13.5 Å². The van der Waals surface area contributed by atoms with Gasteiger partial charge in [0.05, 0.1) is 4.75 Å². The first-order valence-corrected chi connectivity index (χ1v) is 7.30. The maximum Gasteiger partial charge on any atom is 0.153 e. The number of nitrogens with one attached hydrogen (secondary N) is 1. The van der Waals surface area contributed by atoms with Crippen molar-refractivity contribution in [3.63, 3.8) is 0 Å². The number of hydrogen-bond acceptors (Lipinski definition) is 4. The van der Waals surface area contributed by atoms with E-state index in [2.05, 4.69) is 5.32 Å². The van der Waals surface area contributed by atoms with E-state index in [1.54, 1.807) is 32.0 Å². The Morgan fingerprint density at radius 3 is 2.53 bits per heavy atom. The number of hydrogen-bond donors (Lipinski definition) is 2. The Labute approximate surface area is 103 Å². The van der Waals surface area contributed by atoms with Gasteiger partial charge in [0.2, 0.25) is 0 Å². The third kappa shape index (κ3) is 4.02. The lowest BCUT2D eigenvalue weighted by Crippen LogP contribution is -2.41. The normalized spacial score (nSPS) is 12.6. The fraction of sp³-hybridized carbons (Fsp3) is 0.500. The molecule has 0 unspecified atom stereocenters. The van der Waals surface area contributed by atoms with Gasteiger partial charge in [0.15, 0.2) is 9.84 Å². The molecule has 0 aliphatic rings. The molecule has 2 N–H and O–H groups in total. The first-order valence-electron chi connectivity index (χ1n) is 5.40. The SMILES string of the molecule is CC(C)(CNCc1cccc(O)c1)S(C)(=O)=O. The van der Waals surface area contributed by atoms with E-state index in [4.69, 9.17) is 0 Å². The minimum absolute atomic E-state index is 0.215. The molecule has 0 fully saturated rings. The van der Waals surface area contributed by atoms with Crippen LogP contribution in [0.2, 0.25) is 0 Å². The molecule has 4 nitrogen and oxygen atoms in total. The number of phenolic OH excluding ortho intramolecular Hbond substituents is 1. The van der Waals surface area contributed by atoms with Crippen molar-refractivity contribution in [2.24, 2.45) is 0 Å². The quantitative estimate of drug-likeness (QED) is 0.834. The molecule has 0 radical (unpaired) electrons. The minimum atomic E-state index is -3.08. The standard InChI is InChI=1S/C12H19NO3S/c1-12(2,17(3,15)16)9-13-8-10-5-4-6-11(14)7-10/h4-7,13-14H,8-9H2,1-3H3. The van der Waals surface area contributed by atoms with Crippen LogP contribution in [0.15, 0.2) is 24.3 Å². The molecule has 0 spiro atoms. The van der Waals surface area contributed by atoms with Gasteiger partial charge in [-0.1, -0.05) is 12.1 Å². The van der Waals surface area contributed by atoms with Gasteiger partial charge in [-0.05, 0) is 31.5 Å². The lowest BCUT2D eigenvalue weighted by molar-refractivity contribution is 0.473. The molecule has 0 saturated heterocycles. The van der Waals surface area contributed by atoms with E-state index < -0.39 is 14.6 Å². The predicted octanol–water partition coefficient (Wildman–Crippen LogP) is 1.30. The van der Waals surface area contributed by atoms with Gasteiger partial charge in [-0.25, -0.2) is 8.42 Å². The van der Waals surface area contributed by atoms with Crippen LogP contribution in [0.4, 0.5) is 0 Å². The van der Waals surface area contributed by atoms with Crippen molar-refractivity contribution in [3.8, 4) is 5.75 Å². The summed E-state index contributed by atoms with van der Waals surface area (Å²) in [5.41, 5.74) is 0.925. The fourth-order valence-corrected chi connectivity index (χ4v) is 1.67. The Hall–Kier alpha value is -1.07. The van der Waals surface area contributed by atoms with Crippen LogP contribution in [-0.4, -0.2) is 31.1 Å². The van der Waals surface area contributed by atoms with Gasteiger partial charge in [-0.15, -0.1) is 0 Å². The Morgan fingerprint density at radius 2 is 2.00 bits per heavy atom. The summed E-state index contributed by atoms with van der Waals surface area (Å²) < 4.78 is 22.2. The molecule has 0 aromatic heterocycles. The molecule has 0 amide bonds. The van der Waals surface area contributed by atoms with Crippen LogP contribution in [0, 0.1) is 0 Å². The highest BCUT2D eigenvalue weighted by Crippen LogP contribution is 2.14. The number of benzene rings is 1. The zero-order chi connectivity index (χ0) is 13.1. The van der Waals surface area contributed by atoms with Gasteiger partial charge in [-0.2, -0.15) is 0 Å². The fourth-order valence-electron chi connectivity index (χ4n) is 1.31. The number of phenols is 1. The molecule has 1 rings (SSSR count). The largest absolute Gasteiger partial charge is 0.508 e. The molecule has 1 aromatic carbocycles. The molecular weight excluding hydrogens is 238 g/mol. The predicted molar refractivity (Wildman–Crippen MR) is 68.7 cm³/mol. The van der Waals surface area contributed by atoms with Crippen molar-refractivity contribution < 1.29 is 13.5 Å². The zero-order valence-corrected chi connectivity index (χ0v) is 11.2. The summed E-state index contributed by atoms with van der Waals surface area (Å²) in [7, 11) is -3.08. The second-order valence-corrected chi connectivity index (χ2v) is 7.45. The number of aromatic hydroxyl groups is 1. The van der Waals surface area contributed by atoms with Crippen LogP contribution in [0.1, 0.15) is 19.4 Å². The molecular formula is C12H19NO3S. The maximum absolute atomic E-state index is 11.5. The van der Waals surface area contributed by atoms with Crippen LogP contribution in [0.3, 0.4) is 0 Å². The van der Waals surface area contributed by atoms with Crippen molar-refractivity contribution in [1.82, 2.24) is 5.32 Å². The van der Waals surface area contributed by atoms with Crippen molar-refractivity contribution in [2.45, 2.75) is 25.1 Å². The Balaban J connectivity index is 2.54. The molecule has 0 aliphatic heterocycles. The summed E-state index contributed by atoms with van der Waals surface area (Å²) in [6.45, 7) is 4.30. The lowest BCUT2D eigenvalue weighted by atomic mass is 10.2. The lowest BCUT2D eigenvalue weighted by Gasteiger charge is -2.22. The average molecular weight is 257 g/mol. The van der Waals surface area contributed by atoms with E-state index in [0.29, 0.717) is 13.1 Å². The van der Waals surface area contributed by atoms with Gasteiger partial charge in [0.25, 0.3) is 0 Å². The van der Waals surface area contributed by atoms with Crippen LogP contribution >= 0.6 is 0 Å². The van der Waals surface area contributed by atoms with Crippen LogP contribution in [-0.2, 0) is 16.4 Å². The maximum atomic E-state index is 11.5. The summed E-state index contributed by atoms with van der Waals surface area (Å²) >= 11 is 0. The Kier molecular flexibility index (Phi) is 4.16. The van der Waals surface area contributed by atoms with Crippen LogP contribution in [0.5, 0.6) is 5.75 Å². The molecule has 96 valence electrons. The van der Waals surface area contributed by atoms with Crippen LogP contribution in [0.25, 0.3) is 0 Å². The highest BCUT2D eigenvalue weighted by atomic mass is 32.2. The molecule has 0 aliphatic carbocycles. The molecule has 0 atom stereocenters. The van der Waals surface area contributed by atoms with Gasteiger partial charge >= 0.3 is 0 Å². The summed E-state index contributed by atoms with van der Waals surface area (Å²) in [5, 5.41) is 12.4. The van der Waals surface area contributed by atoms with E-state index in [0.717, 1.165) is 5.56 Å². The smallest absolute Gasteiger partial charge is 0.153 e. The molecule has 0 bridgehead atoms. The van der Waals surface area contributed by atoms with Gasteiger partial charge in [0, 0.05) is 19.3 Å². The zero-order valence-electron chi connectivity index (χ0n) is 10.4. The molecule has 0 heterocycles. The number of rotatable bonds is 5. The first-order chi connectivity index (χ1) is 7.72. The van der Waals surface area contributed by atoms with E-state index >= 15 is 0 Å². The van der Waals surface area contributed by atoms with Crippen molar-refractivity contribution in [1.29, 1.82) is 0 Å². The summed E-state index contributed by atoms with van der Waals surface area (Å²) in [6.07, 6.45) is 1.24. The van der Waals surface area contributed by atoms with E-state index in [-0.39, 0.29) is 5.75 Å². The van der Waals surface area contributed by atoms with Gasteiger partial charge < -0.3 is 10.4 Å². The second-order valence-electron chi connectivity index (χ2n) is 4.81. The Bertz CT molecular complexity index is 480. The topological polar surface area (TPSA) is 66.4 Å². The highest BCUT2D eigenvalue weighted by Gasteiger charge is 2.29. The second kappa shape index (κ2) is 5.06. The molecule has 1 aromatic rings. The first kappa shape index (κ1) is 14.0. The monoisotopic (exact) mass is 257 g/mol. The minimum Gasteiger partial charge on any atom is -0.508 e. The third-order valence-electron chi connectivity index (χ3n) is 2.79. The summed E-state index contributed by atoms with van der Waals surface area (Å²) in [5.74, 6) is 0.215. The van der Waals surface area contributed by atoms with E-state index in [1.165, 1.54) is 6.26 Å². The molecule has 5 heteroatoms. The highest BCUT2D eigenvalue weighted by molar-refractivity contribution is 7.92. The number of sulfone groups is 1. The van der Waals surface area contributed by atoms with Crippen molar-refractivity contribution >= 4 is 9.84 Å². The Morgan fingerprint density at radius 1 is 1.35 bits per heavy atom. The van der Waals surface area contributed by atoms with Gasteiger partial charge in [-0.3, -0.25) is 0 Å². The summed E-state index contributed by atoms with van der Waals surface area (Å²) in [4.78, 5) is 0. The third-order valence-corrected chi connectivity index (χ3v) is 4.95. The molecule has 0 saturated carbocycles. The van der Waals surface area contributed by atoms with Gasteiger partial charge in [0.1, 0.15) is 5.75 Å². The molecule has 17 heavy (non-hydrogen) atoms.